The minimum absolute atomic E-state index is 0.0834. The maximum Gasteiger partial charge on any atom is 0.220 e. The van der Waals surface area contributed by atoms with E-state index in [2.05, 4.69) is 12.2 Å². The predicted molar refractivity (Wildman–Crippen MR) is 68.7 cm³/mol. The van der Waals surface area contributed by atoms with Gasteiger partial charge in [-0.3, -0.25) is 4.79 Å². The molecule has 1 saturated heterocycles. The van der Waals surface area contributed by atoms with Crippen molar-refractivity contribution in [2.45, 2.75) is 51.0 Å². The highest BCUT2D eigenvalue weighted by Gasteiger charge is 2.29. The standard InChI is InChI=1S/C12H23NO2S/c1-2-3-4-5-11(14)13-10-12(15)6-8-16-9-7-12/h15H,2-10H2,1H3,(H,13,14). The predicted octanol–water partition coefficient (Wildman–Crippen LogP) is 1.94. The van der Waals surface area contributed by atoms with Gasteiger partial charge in [0.1, 0.15) is 0 Å². The van der Waals surface area contributed by atoms with Crippen molar-refractivity contribution in [3.05, 3.63) is 0 Å². The van der Waals surface area contributed by atoms with Crippen molar-refractivity contribution in [3.8, 4) is 0 Å². The van der Waals surface area contributed by atoms with Crippen molar-refractivity contribution in [1.82, 2.24) is 5.32 Å². The molecule has 0 radical (unpaired) electrons. The van der Waals surface area contributed by atoms with Gasteiger partial charge in [-0.1, -0.05) is 19.8 Å². The quantitative estimate of drug-likeness (QED) is 0.703. The van der Waals surface area contributed by atoms with E-state index in [4.69, 9.17) is 0 Å². The summed E-state index contributed by atoms with van der Waals surface area (Å²) < 4.78 is 0. The highest BCUT2D eigenvalue weighted by molar-refractivity contribution is 7.99. The van der Waals surface area contributed by atoms with Gasteiger partial charge in [-0.05, 0) is 30.8 Å². The second kappa shape index (κ2) is 7.17. The minimum atomic E-state index is -0.647. The molecule has 0 aromatic carbocycles. The third-order valence-corrected chi connectivity index (χ3v) is 4.03. The van der Waals surface area contributed by atoms with E-state index in [1.807, 2.05) is 11.8 Å². The van der Waals surface area contributed by atoms with Crippen LogP contribution in [0, 0.1) is 0 Å². The summed E-state index contributed by atoms with van der Waals surface area (Å²) in [5.74, 6) is 2.09. The van der Waals surface area contributed by atoms with Crippen molar-refractivity contribution in [2.24, 2.45) is 0 Å². The van der Waals surface area contributed by atoms with Crippen molar-refractivity contribution >= 4 is 17.7 Å². The van der Waals surface area contributed by atoms with Crippen molar-refractivity contribution in [2.75, 3.05) is 18.1 Å². The molecule has 0 bridgehead atoms. The third kappa shape index (κ3) is 5.21. The van der Waals surface area contributed by atoms with E-state index >= 15 is 0 Å². The number of amides is 1. The molecular formula is C12H23NO2S. The molecule has 1 aliphatic rings. The molecule has 0 aliphatic carbocycles. The molecule has 0 saturated carbocycles. The van der Waals surface area contributed by atoms with Crippen molar-refractivity contribution in [3.63, 3.8) is 0 Å². The average molecular weight is 245 g/mol. The Morgan fingerprint density at radius 1 is 1.38 bits per heavy atom. The normalized spacial score (nSPS) is 19.4. The highest BCUT2D eigenvalue weighted by Crippen LogP contribution is 2.26. The van der Waals surface area contributed by atoms with Gasteiger partial charge in [0.25, 0.3) is 0 Å². The molecule has 0 unspecified atom stereocenters. The van der Waals surface area contributed by atoms with Crippen LogP contribution in [0.5, 0.6) is 0 Å². The van der Waals surface area contributed by atoms with Crippen LogP contribution in [0.4, 0.5) is 0 Å². The lowest BCUT2D eigenvalue weighted by Gasteiger charge is -2.31. The van der Waals surface area contributed by atoms with Crippen LogP contribution in [-0.4, -0.2) is 34.7 Å². The second-order valence-corrected chi connectivity index (χ2v) is 5.80. The van der Waals surface area contributed by atoms with E-state index in [9.17, 15) is 9.90 Å². The van der Waals surface area contributed by atoms with Gasteiger partial charge in [-0.25, -0.2) is 0 Å². The lowest BCUT2D eigenvalue weighted by Crippen LogP contribution is -2.45. The Hall–Kier alpha value is -0.220. The Morgan fingerprint density at radius 2 is 2.06 bits per heavy atom. The van der Waals surface area contributed by atoms with Gasteiger partial charge in [-0.2, -0.15) is 11.8 Å². The molecule has 0 aromatic rings. The van der Waals surface area contributed by atoms with Gasteiger partial charge in [0, 0.05) is 13.0 Å². The summed E-state index contributed by atoms with van der Waals surface area (Å²) >= 11 is 1.88. The topological polar surface area (TPSA) is 49.3 Å². The number of nitrogens with one attached hydrogen (secondary N) is 1. The monoisotopic (exact) mass is 245 g/mol. The van der Waals surface area contributed by atoms with Gasteiger partial charge < -0.3 is 10.4 Å². The van der Waals surface area contributed by atoms with Crippen LogP contribution < -0.4 is 5.32 Å². The first-order chi connectivity index (χ1) is 7.66. The van der Waals surface area contributed by atoms with Crippen LogP contribution >= 0.6 is 11.8 Å². The number of rotatable bonds is 6. The Kier molecular flexibility index (Phi) is 6.21. The van der Waals surface area contributed by atoms with E-state index in [1.165, 1.54) is 0 Å². The molecule has 2 N–H and O–H groups in total. The number of hydrogen-bond acceptors (Lipinski definition) is 3. The fourth-order valence-corrected chi connectivity index (χ4v) is 3.07. The molecule has 16 heavy (non-hydrogen) atoms. The lowest BCUT2D eigenvalue weighted by atomic mass is 9.97. The number of hydrogen-bond donors (Lipinski definition) is 2. The van der Waals surface area contributed by atoms with E-state index in [-0.39, 0.29) is 5.91 Å². The highest BCUT2D eigenvalue weighted by atomic mass is 32.2. The molecule has 1 amide bonds. The number of carbonyl (C=O) groups excluding carboxylic acids is 1. The first kappa shape index (κ1) is 13.8. The van der Waals surface area contributed by atoms with E-state index in [0.717, 1.165) is 43.6 Å². The van der Waals surface area contributed by atoms with Crippen LogP contribution in [0.15, 0.2) is 0 Å². The van der Waals surface area contributed by atoms with Crippen LogP contribution in [0.25, 0.3) is 0 Å². The molecule has 1 fully saturated rings. The fourth-order valence-electron chi connectivity index (χ4n) is 1.82. The summed E-state index contributed by atoms with van der Waals surface area (Å²) in [4.78, 5) is 11.5. The zero-order valence-corrected chi connectivity index (χ0v) is 10.9. The molecule has 1 aliphatic heterocycles. The molecular weight excluding hydrogens is 222 g/mol. The number of unbranched alkanes of at least 4 members (excludes halogenated alkanes) is 2. The molecule has 94 valence electrons. The molecule has 0 atom stereocenters. The lowest BCUT2D eigenvalue weighted by molar-refractivity contribution is -0.122. The Bertz CT molecular complexity index is 215. The van der Waals surface area contributed by atoms with Crippen LogP contribution in [0.3, 0.4) is 0 Å². The zero-order chi connectivity index (χ0) is 11.9. The fraction of sp³-hybridized carbons (Fsp3) is 0.917. The molecule has 0 aromatic heterocycles. The van der Waals surface area contributed by atoms with Gasteiger partial charge in [0.15, 0.2) is 0 Å². The second-order valence-electron chi connectivity index (χ2n) is 4.57. The first-order valence-electron chi connectivity index (χ1n) is 6.23. The number of thioether (sulfide) groups is 1. The molecule has 1 heterocycles. The maximum absolute atomic E-state index is 11.5. The summed E-state index contributed by atoms with van der Waals surface area (Å²) in [6, 6.07) is 0. The molecule has 1 rings (SSSR count). The summed E-state index contributed by atoms with van der Waals surface area (Å²) in [5.41, 5.74) is -0.647. The van der Waals surface area contributed by atoms with E-state index in [0.29, 0.717) is 13.0 Å². The van der Waals surface area contributed by atoms with Crippen LogP contribution in [0.2, 0.25) is 0 Å². The Morgan fingerprint density at radius 3 is 2.69 bits per heavy atom. The summed E-state index contributed by atoms with van der Waals surface area (Å²) in [7, 11) is 0. The van der Waals surface area contributed by atoms with Crippen molar-refractivity contribution < 1.29 is 9.90 Å². The minimum Gasteiger partial charge on any atom is -0.388 e. The molecule has 3 nitrogen and oxygen atoms in total. The van der Waals surface area contributed by atoms with E-state index in [1.54, 1.807) is 0 Å². The van der Waals surface area contributed by atoms with E-state index < -0.39 is 5.60 Å². The maximum atomic E-state index is 11.5. The first-order valence-corrected chi connectivity index (χ1v) is 7.38. The van der Waals surface area contributed by atoms with Gasteiger partial charge in [0.2, 0.25) is 5.91 Å². The average Bonchev–Trinajstić information content (AvgIpc) is 2.28. The van der Waals surface area contributed by atoms with Gasteiger partial charge in [0.05, 0.1) is 5.60 Å². The van der Waals surface area contributed by atoms with Crippen LogP contribution in [-0.2, 0) is 4.79 Å². The van der Waals surface area contributed by atoms with Gasteiger partial charge in [-0.15, -0.1) is 0 Å². The third-order valence-electron chi connectivity index (χ3n) is 3.05. The smallest absolute Gasteiger partial charge is 0.220 e. The zero-order valence-electron chi connectivity index (χ0n) is 10.1. The summed E-state index contributed by atoms with van der Waals surface area (Å²) in [6.45, 7) is 2.55. The molecule has 4 heteroatoms. The Labute approximate surface area is 102 Å². The summed E-state index contributed by atoms with van der Waals surface area (Å²) in [6.07, 6.45) is 5.39. The van der Waals surface area contributed by atoms with Crippen molar-refractivity contribution in [1.29, 1.82) is 0 Å². The van der Waals surface area contributed by atoms with Gasteiger partial charge >= 0.3 is 0 Å². The SMILES string of the molecule is CCCCCC(=O)NCC1(O)CCSCC1. The summed E-state index contributed by atoms with van der Waals surface area (Å²) in [5, 5.41) is 13.0. The number of aliphatic hydroxyl groups is 1. The Balaban J connectivity index is 2.14. The molecule has 0 spiro atoms. The number of carbonyl (C=O) groups is 1. The van der Waals surface area contributed by atoms with Crippen LogP contribution in [0.1, 0.15) is 45.4 Å². The largest absolute Gasteiger partial charge is 0.388 e.